The minimum Gasteiger partial charge on any atom is -0.0836 e. The van der Waals surface area contributed by atoms with E-state index >= 15 is 0 Å². The molecule has 0 N–H and O–H groups in total. The van der Waals surface area contributed by atoms with Crippen molar-refractivity contribution < 1.29 is 0 Å². The highest BCUT2D eigenvalue weighted by atomic mass is 35.5. The third-order valence-corrected chi connectivity index (χ3v) is 4.58. The van der Waals surface area contributed by atoms with Crippen LogP contribution in [0.3, 0.4) is 0 Å². The summed E-state index contributed by atoms with van der Waals surface area (Å²) in [5.41, 5.74) is 0.951. The molecule has 2 aromatic carbocycles. The molecule has 0 amide bonds. The van der Waals surface area contributed by atoms with Crippen LogP contribution in [0, 0.1) is 0 Å². The first-order valence-corrected chi connectivity index (χ1v) is 8.97. The first-order valence-electron chi connectivity index (χ1n) is 6.71. The van der Waals surface area contributed by atoms with Crippen LogP contribution in [0.2, 0.25) is 30.1 Å². The maximum Gasteiger partial charge on any atom is 0.0686 e. The summed E-state index contributed by atoms with van der Waals surface area (Å²) in [4.78, 5) is 0. The van der Waals surface area contributed by atoms with E-state index in [2.05, 4.69) is 0 Å². The SMILES string of the molecule is CC.CC.Clc1ccc(Cl)c(-c2c(Cl)ccc(Cl)c2Cl)c1Cl. The van der Waals surface area contributed by atoms with Crippen LogP contribution >= 0.6 is 69.6 Å². The first-order chi connectivity index (χ1) is 10.4. The molecule has 2 rings (SSSR count). The zero-order valence-electron chi connectivity index (χ0n) is 12.6. The van der Waals surface area contributed by atoms with Crippen molar-refractivity contribution in [1.82, 2.24) is 0 Å². The molecule has 0 aliphatic rings. The van der Waals surface area contributed by atoms with E-state index in [4.69, 9.17) is 69.6 Å². The van der Waals surface area contributed by atoms with Gasteiger partial charge in [0.15, 0.2) is 0 Å². The van der Waals surface area contributed by atoms with Gasteiger partial charge in [-0.05, 0) is 24.3 Å². The molecule has 0 heterocycles. The number of hydrogen-bond donors (Lipinski definition) is 0. The monoisotopic (exact) mass is 418 g/mol. The van der Waals surface area contributed by atoms with Crippen LogP contribution in [0.25, 0.3) is 11.1 Å². The van der Waals surface area contributed by atoms with Gasteiger partial charge < -0.3 is 0 Å². The van der Waals surface area contributed by atoms with E-state index in [0.29, 0.717) is 31.2 Å². The Hall–Kier alpha value is 0.180. The third kappa shape index (κ3) is 5.09. The maximum atomic E-state index is 6.15. The van der Waals surface area contributed by atoms with Crippen molar-refractivity contribution >= 4 is 69.6 Å². The van der Waals surface area contributed by atoms with Gasteiger partial charge in [0.1, 0.15) is 0 Å². The average molecular weight is 421 g/mol. The zero-order valence-corrected chi connectivity index (χ0v) is 17.1. The largest absolute Gasteiger partial charge is 0.0836 e. The fourth-order valence-electron chi connectivity index (χ4n) is 1.51. The molecule has 0 spiro atoms. The van der Waals surface area contributed by atoms with Crippen molar-refractivity contribution in [2.24, 2.45) is 0 Å². The summed E-state index contributed by atoms with van der Waals surface area (Å²) >= 11 is 36.5. The lowest BCUT2D eigenvalue weighted by atomic mass is 10.1. The zero-order chi connectivity index (χ0) is 17.4. The normalized spacial score (nSPS) is 9.36. The Balaban J connectivity index is 0.00000102. The van der Waals surface area contributed by atoms with Crippen molar-refractivity contribution in [2.45, 2.75) is 27.7 Å². The third-order valence-electron chi connectivity index (χ3n) is 2.34. The van der Waals surface area contributed by atoms with Crippen LogP contribution in [0.4, 0.5) is 0 Å². The Kier molecular flexibility index (Phi) is 11.0. The standard InChI is InChI=1S/C12H4Cl6.2C2H6/c13-5-1-3-7(15)11(17)9(5)10-6(14)2-4-8(16)12(10)18;2*1-2/h1-4H;2*1-2H3. The van der Waals surface area contributed by atoms with Gasteiger partial charge in [-0.2, -0.15) is 0 Å². The van der Waals surface area contributed by atoms with Crippen molar-refractivity contribution in [2.75, 3.05) is 0 Å². The molecule has 0 aliphatic carbocycles. The fraction of sp³-hybridized carbons (Fsp3) is 0.250. The van der Waals surface area contributed by atoms with Crippen LogP contribution < -0.4 is 0 Å². The molecular formula is C16H16Cl6. The summed E-state index contributed by atoms with van der Waals surface area (Å²) in [6.07, 6.45) is 0. The van der Waals surface area contributed by atoms with E-state index in [1.807, 2.05) is 27.7 Å². The molecule has 0 aliphatic heterocycles. The molecule has 0 nitrogen and oxygen atoms in total. The van der Waals surface area contributed by atoms with Crippen molar-refractivity contribution in [1.29, 1.82) is 0 Å². The topological polar surface area (TPSA) is 0 Å². The highest BCUT2D eigenvalue weighted by Crippen LogP contribution is 2.46. The summed E-state index contributed by atoms with van der Waals surface area (Å²) < 4.78 is 0. The van der Waals surface area contributed by atoms with Crippen LogP contribution in [0.15, 0.2) is 24.3 Å². The maximum absolute atomic E-state index is 6.15. The average Bonchev–Trinajstić information content (AvgIpc) is 2.54. The van der Waals surface area contributed by atoms with Gasteiger partial charge in [-0.1, -0.05) is 97.3 Å². The number of rotatable bonds is 1. The number of benzene rings is 2. The molecule has 0 unspecified atom stereocenters. The van der Waals surface area contributed by atoms with Crippen LogP contribution in [-0.2, 0) is 0 Å². The molecule has 6 heteroatoms. The van der Waals surface area contributed by atoms with Gasteiger partial charge in [0.05, 0.1) is 30.1 Å². The lowest BCUT2D eigenvalue weighted by Gasteiger charge is -2.13. The van der Waals surface area contributed by atoms with Crippen molar-refractivity contribution in [3.63, 3.8) is 0 Å². The highest BCUT2D eigenvalue weighted by molar-refractivity contribution is 6.50. The summed E-state index contributed by atoms with van der Waals surface area (Å²) in [6, 6.07) is 6.45. The minimum atomic E-state index is 0.287. The van der Waals surface area contributed by atoms with Crippen molar-refractivity contribution in [3.8, 4) is 11.1 Å². The predicted octanol–water partition coefficient (Wildman–Crippen LogP) is 9.33. The van der Waals surface area contributed by atoms with Gasteiger partial charge in [0, 0.05) is 11.1 Å². The van der Waals surface area contributed by atoms with E-state index in [-0.39, 0.29) is 10.0 Å². The molecule has 0 saturated heterocycles. The van der Waals surface area contributed by atoms with Crippen LogP contribution in [-0.4, -0.2) is 0 Å². The molecule has 0 atom stereocenters. The summed E-state index contributed by atoms with van der Waals surface area (Å²) in [6.45, 7) is 8.00. The molecule has 0 aromatic heterocycles. The second-order valence-electron chi connectivity index (χ2n) is 3.44. The van der Waals surface area contributed by atoms with Gasteiger partial charge in [0.25, 0.3) is 0 Å². The molecule has 122 valence electrons. The highest BCUT2D eigenvalue weighted by Gasteiger charge is 2.19. The van der Waals surface area contributed by atoms with Gasteiger partial charge in [-0.25, -0.2) is 0 Å². The quantitative estimate of drug-likeness (QED) is 0.403. The fourth-order valence-corrected chi connectivity index (χ4v) is 2.95. The van der Waals surface area contributed by atoms with Gasteiger partial charge in [-0.15, -0.1) is 0 Å². The van der Waals surface area contributed by atoms with Gasteiger partial charge in [0.2, 0.25) is 0 Å². The van der Waals surface area contributed by atoms with E-state index in [1.54, 1.807) is 24.3 Å². The van der Waals surface area contributed by atoms with Gasteiger partial charge >= 0.3 is 0 Å². The molecule has 2 aromatic rings. The predicted molar refractivity (Wildman–Crippen MR) is 105 cm³/mol. The smallest absolute Gasteiger partial charge is 0.0686 e. The Morgan fingerprint density at radius 2 is 0.682 bits per heavy atom. The Labute approximate surface area is 162 Å². The van der Waals surface area contributed by atoms with Crippen LogP contribution in [0.1, 0.15) is 27.7 Å². The van der Waals surface area contributed by atoms with E-state index in [1.165, 1.54) is 0 Å². The van der Waals surface area contributed by atoms with E-state index in [9.17, 15) is 0 Å². The van der Waals surface area contributed by atoms with E-state index < -0.39 is 0 Å². The molecule has 0 bridgehead atoms. The van der Waals surface area contributed by atoms with Crippen LogP contribution in [0.5, 0.6) is 0 Å². The first kappa shape index (κ1) is 22.2. The van der Waals surface area contributed by atoms with Crippen molar-refractivity contribution in [3.05, 3.63) is 54.4 Å². The molecule has 0 radical (unpaired) electrons. The lowest BCUT2D eigenvalue weighted by Crippen LogP contribution is -1.87. The number of hydrogen-bond acceptors (Lipinski definition) is 0. The summed E-state index contributed by atoms with van der Waals surface area (Å²) in [5.74, 6) is 0. The summed E-state index contributed by atoms with van der Waals surface area (Å²) in [5, 5.41) is 2.10. The minimum absolute atomic E-state index is 0.287. The Bertz CT molecular complexity index is 567. The number of halogens is 6. The molecular weight excluding hydrogens is 405 g/mol. The second-order valence-corrected chi connectivity index (χ2v) is 5.82. The molecule has 0 fully saturated rings. The second kappa shape index (κ2) is 10.9. The molecule has 22 heavy (non-hydrogen) atoms. The van der Waals surface area contributed by atoms with Gasteiger partial charge in [-0.3, -0.25) is 0 Å². The van der Waals surface area contributed by atoms with E-state index in [0.717, 1.165) is 0 Å². The summed E-state index contributed by atoms with van der Waals surface area (Å²) in [7, 11) is 0. The Morgan fingerprint density at radius 1 is 0.455 bits per heavy atom. The molecule has 0 saturated carbocycles. The Morgan fingerprint density at radius 3 is 0.955 bits per heavy atom. The lowest BCUT2D eigenvalue weighted by molar-refractivity contribution is 1.50.